The number of ether oxygens (including phenoxy) is 1. The molecule has 5 heteroatoms. The van der Waals surface area contributed by atoms with E-state index in [1.54, 1.807) is 12.1 Å². The number of piperidine rings is 1. The molecule has 0 saturated carbocycles. The van der Waals surface area contributed by atoms with Gasteiger partial charge in [0.1, 0.15) is 11.9 Å². The summed E-state index contributed by atoms with van der Waals surface area (Å²) >= 11 is 0. The van der Waals surface area contributed by atoms with Crippen molar-refractivity contribution < 1.29 is 13.9 Å². The van der Waals surface area contributed by atoms with E-state index in [9.17, 15) is 9.18 Å². The van der Waals surface area contributed by atoms with Crippen LogP contribution in [0.25, 0.3) is 0 Å². The minimum atomic E-state index is -0.336. The number of morpholine rings is 1. The number of likely N-dealkylation sites (N-methyl/N-ethyl adjacent to an activating group) is 1. The van der Waals surface area contributed by atoms with Crippen molar-refractivity contribution in [1.29, 1.82) is 0 Å². The van der Waals surface area contributed by atoms with E-state index in [0.717, 1.165) is 51.0 Å². The molecular formula is C19H27FN2O2. The molecule has 3 rings (SSSR count). The van der Waals surface area contributed by atoms with Gasteiger partial charge in [-0.3, -0.25) is 4.79 Å². The number of carbonyl (C=O) groups excluding carboxylic acids is 1. The number of hydrogen-bond acceptors (Lipinski definition) is 3. The van der Waals surface area contributed by atoms with Gasteiger partial charge >= 0.3 is 0 Å². The summed E-state index contributed by atoms with van der Waals surface area (Å²) < 4.78 is 19.4. The molecule has 1 aromatic carbocycles. The first-order valence-electron chi connectivity index (χ1n) is 8.95. The van der Waals surface area contributed by atoms with Crippen LogP contribution in [0.15, 0.2) is 24.3 Å². The van der Waals surface area contributed by atoms with Crippen molar-refractivity contribution >= 4 is 5.91 Å². The van der Waals surface area contributed by atoms with Crippen LogP contribution in [0.4, 0.5) is 4.39 Å². The van der Waals surface area contributed by atoms with Gasteiger partial charge in [-0.1, -0.05) is 12.1 Å². The zero-order valence-corrected chi connectivity index (χ0v) is 14.6. The van der Waals surface area contributed by atoms with Crippen molar-refractivity contribution in [1.82, 2.24) is 9.80 Å². The molecule has 1 spiro atoms. The van der Waals surface area contributed by atoms with Gasteiger partial charge in [0.25, 0.3) is 5.91 Å². The summed E-state index contributed by atoms with van der Waals surface area (Å²) in [6.07, 6.45) is 2.42. The molecule has 2 saturated heterocycles. The number of amides is 1. The number of benzene rings is 1. The van der Waals surface area contributed by atoms with Crippen LogP contribution in [0.3, 0.4) is 0 Å². The Morgan fingerprint density at radius 3 is 2.75 bits per heavy atom. The molecule has 2 aliphatic rings. The SMILES string of the molecule is CCN1CC2(CCN(CCc3cccc(F)c3)CC2)O[C@H](C)C1=O. The standard InChI is InChI=1S/C19H27FN2O2/c1-3-22-14-19(24-15(2)18(22)23)8-11-21(12-9-19)10-7-16-5-4-6-17(20)13-16/h4-6,13,15H,3,7-12,14H2,1-2H3/t15-/m1/s1. The highest BCUT2D eigenvalue weighted by Gasteiger charge is 2.44. The second-order valence-corrected chi connectivity index (χ2v) is 7.02. The molecule has 0 N–H and O–H groups in total. The summed E-state index contributed by atoms with van der Waals surface area (Å²) in [6.45, 7) is 8.22. The highest BCUT2D eigenvalue weighted by molar-refractivity contribution is 5.81. The third-order valence-corrected chi connectivity index (χ3v) is 5.32. The lowest BCUT2D eigenvalue weighted by atomic mass is 9.88. The van der Waals surface area contributed by atoms with Crippen LogP contribution < -0.4 is 0 Å². The van der Waals surface area contributed by atoms with Crippen molar-refractivity contribution in [2.45, 2.75) is 44.8 Å². The fraction of sp³-hybridized carbons (Fsp3) is 0.632. The van der Waals surface area contributed by atoms with Crippen LogP contribution in [-0.4, -0.2) is 60.1 Å². The normalized spacial score (nSPS) is 24.5. The van der Waals surface area contributed by atoms with Gasteiger partial charge in [-0.2, -0.15) is 0 Å². The first-order chi connectivity index (χ1) is 11.5. The monoisotopic (exact) mass is 334 g/mol. The molecule has 24 heavy (non-hydrogen) atoms. The number of likely N-dealkylation sites (tertiary alicyclic amines) is 1. The summed E-state index contributed by atoms with van der Waals surface area (Å²) in [6, 6.07) is 6.84. The molecule has 0 aliphatic carbocycles. The highest BCUT2D eigenvalue weighted by Crippen LogP contribution is 2.32. The molecule has 0 bridgehead atoms. The number of halogens is 1. The summed E-state index contributed by atoms with van der Waals surface area (Å²) in [5.74, 6) is -0.0596. The Bertz CT molecular complexity index is 584. The summed E-state index contributed by atoms with van der Waals surface area (Å²) in [4.78, 5) is 16.4. The number of hydrogen-bond donors (Lipinski definition) is 0. The van der Waals surface area contributed by atoms with Crippen LogP contribution >= 0.6 is 0 Å². The van der Waals surface area contributed by atoms with Gasteiger partial charge in [-0.15, -0.1) is 0 Å². The first-order valence-corrected chi connectivity index (χ1v) is 8.95. The third kappa shape index (κ3) is 3.78. The van der Waals surface area contributed by atoms with Crippen molar-refractivity contribution in [3.8, 4) is 0 Å². The molecule has 4 nitrogen and oxygen atoms in total. The number of rotatable bonds is 4. The van der Waals surface area contributed by atoms with Crippen LogP contribution in [0.5, 0.6) is 0 Å². The molecule has 1 aromatic rings. The topological polar surface area (TPSA) is 32.8 Å². The molecule has 2 heterocycles. The van der Waals surface area contributed by atoms with Crippen LogP contribution in [0.1, 0.15) is 32.3 Å². The Balaban J connectivity index is 1.53. The molecule has 2 fully saturated rings. The molecule has 132 valence electrons. The van der Waals surface area contributed by atoms with Gasteiger partial charge in [0.2, 0.25) is 0 Å². The lowest BCUT2D eigenvalue weighted by Crippen LogP contribution is -2.61. The second-order valence-electron chi connectivity index (χ2n) is 7.02. The van der Waals surface area contributed by atoms with E-state index >= 15 is 0 Å². The molecule has 0 unspecified atom stereocenters. The molecule has 1 atom stereocenters. The predicted octanol–water partition coefficient (Wildman–Crippen LogP) is 2.47. The van der Waals surface area contributed by atoms with E-state index in [-0.39, 0.29) is 23.4 Å². The van der Waals surface area contributed by atoms with E-state index in [1.165, 1.54) is 6.07 Å². The van der Waals surface area contributed by atoms with E-state index in [4.69, 9.17) is 4.74 Å². The molecule has 2 aliphatic heterocycles. The predicted molar refractivity (Wildman–Crippen MR) is 91.3 cm³/mol. The average molecular weight is 334 g/mol. The van der Waals surface area contributed by atoms with Crippen LogP contribution in [-0.2, 0) is 16.0 Å². The van der Waals surface area contributed by atoms with Gasteiger partial charge in [0, 0.05) is 32.7 Å². The maximum Gasteiger partial charge on any atom is 0.251 e. The lowest BCUT2D eigenvalue weighted by Gasteiger charge is -2.49. The number of nitrogens with zero attached hydrogens (tertiary/aromatic N) is 2. The smallest absolute Gasteiger partial charge is 0.251 e. The Morgan fingerprint density at radius 2 is 2.08 bits per heavy atom. The van der Waals surface area contributed by atoms with Crippen LogP contribution in [0.2, 0.25) is 0 Å². The second kappa shape index (κ2) is 7.19. The van der Waals surface area contributed by atoms with Crippen molar-refractivity contribution in [2.24, 2.45) is 0 Å². The van der Waals surface area contributed by atoms with Gasteiger partial charge in [0.15, 0.2) is 0 Å². The van der Waals surface area contributed by atoms with E-state index < -0.39 is 0 Å². The Labute approximate surface area is 143 Å². The molecule has 1 amide bonds. The fourth-order valence-electron chi connectivity index (χ4n) is 3.85. The van der Waals surface area contributed by atoms with Gasteiger partial charge in [-0.05, 0) is 50.8 Å². The van der Waals surface area contributed by atoms with Crippen LogP contribution in [0, 0.1) is 5.82 Å². The van der Waals surface area contributed by atoms with E-state index in [0.29, 0.717) is 6.54 Å². The van der Waals surface area contributed by atoms with Crippen molar-refractivity contribution in [3.63, 3.8) is 0 Å². The Hall–Kier alpha value is -1.46. The minimum Gasteiger partial charge on any atom is -0.360 e. The summed E-state index contributed by atoms with van der Waals surface area (Å²) in [5, 5.41) is 0. The number of carbonyl (C=O) groups is 1. The third-order valence-electron chi connectivity index (χ3n) is 5.32. The fourth-order valence-corrected chi connectivity index (χ4v) is 3.85. The quantitative estimate of drug-likeness (QED) is 0.848. The lowest BCUT2D eigenvalue weighted by molar-refractivity contribution is -0.189. The minimum absolute atomic E-state index is 0.108. The van der Waals surface area contributed by atoms with Gasteiger partial charge in [-0.25, -0.2) is 4.39 Å². The summed E-state index contributed by atoms with van der Waals surface area (Å²) in [5.41, 5.74) is 0.860. The Kier molecular flexibility index (Phi) is 5.21. The van der Waals surface area contributed by atoms with Gasteiger partial charge in [0.05, 0.1) is 5.60 Å². The van der Waals surface area contributed by atoms with Crippen molar-refractivity contribution in [3.05, 3.63) is 35.6 Å². The van der Waals surface area contributed by atoms with E-state index in [1.807, 2.05) is 24.8 Å². The first kappa shape index (κ1) is 17.4. The molecule has 0 aromatic heterocycles. The zero-order chi connectivity index (χ0) is 17.2. The maximum atomic E-state index is 13.2. The van der Waals surface area contributed by atoms with Gasteiger partial charge < -0.3 is 14.5 Å². The highest BCUT2D eigenvalue weighted by atomic mass is 19.1. The Morgan fingerprint density at radius 1 is 1.33 bits per heavy atom. The molecular weight excluding hydrogens is 307 g/mol. The summed E-state index contributed by atoms with van der Waals surface area (Å²) in [7, 11) is 0. The largest absolute Gasteiger partial charge is 0.360 e. The average Bonchev–Trinajstić information content (AvgIpc) is 2.58. The van der Waals surface area contributed by atoms with Crippen molar-refractivity contribution in [2.75, 3.05) is 32.7 Å². The van der Waals surface area contributed by atoms with E-state index in [2.05, 4.69) is 4.90 Å². The molecule has 0 radical (unpaired) electrons. The zero-order valence-electron chi connectivity index (χ0n) is 14.6. The maximum absolute atomic E-state index is 13.2.